The Bertz CT molecular complexity index is 1130. The standard InChI is InChI=1S/C25H26N4O4/c1-33-20-11-7-10-19(16-20)22(28-14-5-6-15-28)17-27-25(30)21-12-13-26-23(24(21)29(31)32)18-8-3-2-4-9-18/h2-4,7-13,16,22H,5-6,14-15,17H2,1H3,(H,27,30)/t22-/m0/s1. The largest absolute Gasteiger partial charge is 0.497 e. The van der Waals surface area contributed by atoms with Crippen molar-refractivity contribution in [2.24, 2.45) is 0 Å². The topological polar surface area (TPSA) is 97.6 Å². The van der Waals surface area contributed by atoms with E-state index in [0.29, 0.717) is 12.1 Å². The minimum absolute atomic E-state index is 0.000308. The van der Waals surface area contributed by atoms with Gasteiger partial charge in [0.2, 0.25) is 0 Å². The van der Waals surface area contributed by atoms with Crippen molar-refractivity contribution in [2.75, 3.05) is 26.7 Å². The number of rotatable bonds is 8. The molecule has 4 rings (SSSR count). The van der Waals surface area contributed by atoms with Crippen LogP contribution in [0.2, 0.25) is 0 Å². The van der Waals surface area contributed by atoms with E-state index in [4.69, 9.17) is 4.74 Å². The first-order valence-electron chi connectivity index (χ1n) is 10.9. The molecular formula is C25H26N4O4. The van der Waals surface area contributed by atoms with Crippen molar-refractivity contribution < 1.29 is 14.5 Å². The van der Waals surface area contributed by atoms with Gasteiger partial charge in [0.05, 0.1) is 18.1 Å². The number of hydrogen-bond acceptors (Lipinski definition) is 6. The van der Waals surface area contributed by atoms with Gasteiger partial charge in [-0.2, -0.15) is 0 Å². The van der Waals surface area contributed by atoms with E-state index in [9.17, 15) is 14.9 Å². The summed E-state index contributed by atoms with van der Waals surface area (Å²) in [5.74, 6) is 0.258. The summed E-state index contributed by atoms with van der Waals surface area (Å²) in [5, 5.41) is 14.9. The molecule has 1 saturated heterocycles. The number of benzene rings is 2. The smallest absolute Gasteiger partial charge is 0.308 e. The van der Waals surface area contributed by atoms with Crippen LogP contribution in [0.1, 0.15) is 34.8 Å². The van der Waals surface area contributed by atoms with Gasteiger partial charge in [-0.1, -0.05) is 42.5 Å². The Hall–Kier alpha value is -3.78. The molecule has 0 radical (unpaired) electrons. The molecule has 0 unspecified atom stereocenters. The molecule has 0 aliphatic carbocycles. The normalized spacial score (nSPS) is 14.6. The van der Waals surface area contributed by atoms with Crippen LogP contribution < -0.4 is 10.1 Å². The van der Waals surface area contributed by atoms with Crippen LogP contribution in [0.25, 0.3) is 11.3 Å². The van der Waals surface area contributed by atoms with Crippen LogP contribution in [0.15, 0.2) is 66.9 Å². The number of ether oxygens (including phenoxy) is 1. The molecule has 8 nitrogen and oxygen atoms in total. The predicted octanol–water partition coefficient (Wildman–Crippen LogP) is 4.23. The van der Waals surface area contributed by atoms with Crippen LogP contribution in [-0.4, -0.2) is 47.5 Å². The zero-order valence-corrected chi connectivity index (χ0v) is 18.4. The highest BCUT2D eigenvalue weighted by molar-refractivity contribution is 6.00. The second-order valence-electron chi connectivity index (χ2n) is 7.92. The first-order chi connectivity index (χ1) is 16.1. The zero-order valence-electron chi connectivity index (χ0n) is 18.4. The van der Waals surface area contributed by atoms with Crippen molar-refractivity contribution in [2.45, 2.75) is 18.9 Å². The van der Waals surface area contributed by atoms with Gasteiger partial charge in [0.1, 0.15) is 17.0 Å². The molecule has 2 aromatic carbocycles. The lowest BCUT2D eigenvalue weighted by Gasteiger charge is -2.28. The summed E-state index contributed by atoms with van der Waals surface area (Å²) in [7, 11) is 1.62. The van der Waals surface area contributed by atoms with Gasteiger partial charge >= 0.3 is 5.69 Å². The molecule has 1 N–H and O–H groups in total. The maximum atomic E-state index is 13.1. The Morgan fingerprint density at radius 2 is 1.91 bits per heavy atom. The van der Waals surface area contributed by atoms with Gasteiger partial charge < -0.3 is 10.1 Å². The van der Waals surface area contributed by atoms with Crippen LogP contribution in [0.5, 0.6) is 5.75 Å². The number of amides is 1. The number of aromatic nitrogens is 1. The predicted molar refractivity (Wildman–Crippen MR) is 125 cm³/mol. The Balaban J connectivity index is 1.61. The summed E-state index contributed by atoms with van der Waals surface area (Å²) in [6.07, 6.45) is 3.64. The highest BCUT2D eigenvalue weighted by atomic mass is 16.6. The summed E-state index contributed by atoms with van der Waals surface area (Å²) in [6.45, 7) is 2.20. The molecule has 33 heavy (non-hydrogen) atoms. The SMILES string of the molecule is COc1cccc([C@H](CNC(=O)c2ccnc(-c3ccccc3)c2[N+](=O)[O-])N2CCCC2)c1. The number of carbonyl (C=O) groups excluding carboxylic acids is 1. The Morgan fingerprint density at radius 3 is 2.61 bits per heavy atom. The van der Waals surface area contributed by atoms with Crippen molar-refractivity contribution in [3.8, 4) is 17.0 Å². The van der Waals surface area contributed by atoms with Gasteiger partial charge in [0.15, 0.2) is 0 Å². The lowest BCUT2D eigenvalue weighted by atomic mass is 10.0. The summed E-state index contributed by atoms with van der Waals surface area (Å²) in [4.78, 5) is 31.0. The Labute approximate surface area is 192 Å². The molecule has 1 fully saturated rings. The highest BCUT2D eigenvalue weighted by Crippen LogP contribution is 2.31. The fourth-order valence-electron chi connectivity index (χ4n) is 4.27. The third-order valence-electron chi connectivity index (χ3n) is 5.91. The monoisotopic (exact) mass is 446 g/mol. The molecular weight excluding hydrogens is 420 g/mol. The third kappa shape index (κ3) is 5.01. The van der Waals surface area contributed by atoms with Gasteiger partial charge in [-0.15, -0.1) is 0 Å². The molecule has 1 amide bonds. The number of pyridine rings is 1. The molecule has 1 aliphatic rings. The summed E-state index contributed by atoms with van der Waals surface area (Å²) in [5.41, 5.74) is 1.51. The molecule has 0 bridgehead atoms. The van der Waals surface area contributed by atoms with E-state index in [1.54, 1.807) is 31.4 Å². The summed E-state index contributed by atoms with van der Waals surface area (Å²) < 4.78 is 5.37. The van der Waals surface area contributed by atoms with Gasteiger partial charge in [-0.3, -0.25) is 19.8 Å². The molecule has 170 valence electrons. The highest BCUT2D eigenvalue weighted by Gasteiger charge is 2.29. The van der Waals surface area contributed by atoms with Crippen molar-refractivity contribution >= 4 is 11.6 Å². The fourth-order valence-corrected chi connectivity index (χ4v) is 4.27. The van der Waals surface area contributed by atoms with Crippen LogP contribution >= 0.6 is 0 Å². The van der Waals surface area contributed by atoms with E-state index in [0.717, 1.165) is 37.2 Å². The van der Waals surface area contributed by atoms with E-state index >= 15 is 0 Å². The summed E-state index contributed by atoms with van der Waals surface area (Å²) in [6, 6.07) is 18.0. The molecule has 1 atom stereocenters. The number of nitrogens with one attached hydrogen (secondary N) is 1. The zero-order chi connectivity index (χ0) is 23.2. The van der Waals surface area contributed by atoms with Crippen molar-refractivity contribution in [3.63, 3.8) is 0 Å². The maximum Gasteiger partial charge on any atom is 0.308 e. The second-order valence-corrected chi connectivity index (χ2v) is 7.92. The number of nitrogens with zero attached hydrogens (tertiary/aromatic N) is 3. The van der Waals surface area contributed by atoms with E-state index in [-0.39, 0.29) is 23.0 Å². The number of likely N-dealkylation sites (tertiary alicyclic amines) is 1. The maximum absolute atomic E-state index is 13.1. The summed E-state index contributed by atoms with van der Waals surface area (Å²) >= 11 is 0. The van der Waals surface area contributed by atoms with Crippen LogP contribution in [0, 0.1) is 10.1 Å². The number of nitro groups is 1. The first kappa shape index (κ1) is 22.4. The number of hydrogen-bond donors (Lipinski definition) is 1. The van der Waals surface area contributed by atoms with E-state index in [1.807, 2.05) is 30.3 Å². The average molecular weight is 447 g/mol. The van der Waals surface area contributed by atoms with Crippen molar-refractivity contribution in [3.05, 3.63) is 88.1 Å². The molecule has 1 aliphatic heterocycles. The van der Waals surface area contributed by atoms with Crippen molar-refractivity contribution in [1.29, 1.82) is 0 Å². The Morgan fingerprint density at radius 1 is 1.15 bits per heavy atom. The van der Waals surface area contributed by atoms with E-state index in [1.165, 1.54) is 12.3 Å². The molecule has 1 aromatic heterocycles. The number of methoxy groups -OCH3 is 1. The molecule has 3 aromatic rings. The molecule has 2 heterocycles. The number of carbonyl (C=O) groups is 1. The van der Waals surface area contributed by atoms with Crippen LogP contribution in [0.3, 0.4) is 0 Å². The first-order valence-corrected chi connectivity index (χ1v) is 10.9. The Kier molecular flexibility index (Phi) is 6.95. The quantitative estimate of drug-likeness (QED) is 0.411. The fraction of sp³-hybridized carbons (Fsp3) is 0.280. The van der Waals surface area contributed by atoms with Crippen molar-refractivity contribution in [1.82, 2.24) is 15.2 Å². The molecule has 0 saturated carbocycles. The van der Waals surface area contributed by atoms with Gasteiger partial charge in [0.25, 0.3) is 5.91 Å². The minimum atomic E-state index is -0.537. The minimum Gasteiger partial charge on any atom is -0.497 e. The average Bonchev–Trinajstić information content (AvgIpc) is 3.39. The van der Waals surface area contributed by atoms with Gasteiger partial charge in [0, 0.05) is 18.3 Å². The van der Waals surface area contributed by atoms with E-state index < -0.39 is 10.8 Å². The molecule has 0 spiro atoms. The van der Waals surface area contributed by atoms with E-state index in [2.05, 4.69) is 15.2 Å². The third-order valence-corrected chi connectivity index (χ3v) is 5.91. The van der Waals surface area contributed by atoms with Crippen LogP contribution in [0.4, 0.5) is 5.69 Å². The lowest BCUT2D eigenvalue weighted by Crippen LogP contribution is -2.37. The van der Waals surface area contributed by atoms with Crippen LogP contribution in [-0.2, 0) is 0 Å². The second kappa shape index (κ2) is 10.2. The lowest BCUT2D eigenvalue weighted by molar-refractivity contribution is -0.384. The molecule has 8 heteroatoms. The van der Waals surface area contributed by atoms with Gasteiger partial charge in [-0.05, 0) is 49.7 Å². The van der Waals surface area contributed by atoms with Gasteiger partial charge in [-0.25, -0.2) is 4.98 Å².